The van der Waals surface area contributed by atoms with Gasteiger partial charge in [-0.1, -0.05) is 6.07 Å². The third-order valence-electron chi connectivity index (χ3n) is 3.67. The van der Waals surface area contributed by atoms with E-state index >= 15 is 0 Å². The first-order chi connectivity index (χ1) is 10.3. The fraction of sp³-hybridized carbons (Fsp3) is 0.333. The van der Waals surface area contributed by atoms with Gasteiger partial charge in [-0.25, -0.2) is 4.79 Å². The quantitative estimate of drug-likeness (QED) is 0.811. The van der Waals surface area contributed by atoms with Gasteiger partial charge >= 0.3 is 6.03 Å². The zero-order valence-electron chi connectivity index (χ0n) is 11.8. The van der Waals surface area contributed by atoms with Crippen molar-refractivity contribution in [2.24, 2.45) is 0 Å². The Morgan fingerprint density at radius 3 is 3.24 bits per heavy atom. The van der Waals surface area contributed by atoms with E-state index in [1.807, 2.05) is 24.4 Å². The molecule has 1 aliphatic carbocycles. The smallest absolute Gasteiger partial charge is 0.319 e. The first-order valence-electron chi connectivity index (χ1n) is 7.00. The molecule has 3 rings (SSSR count). The molecule has 1 aliphatic rings. The molecule has 6 nitrogen and oxygen atoms in total. The minimum Gasteiger partial charge on any atom is -0.497 e. The number of ether oxygens (including phenoxy) is 1. The third-order valence-corrected chi connectivity index (χ3v) is 3.67. The second-order valence-corrected chi connectivity index (χ2v) is 5.08. The summed E-state index contributed by atoms with van der Waals surface area (Å²) in [7, 11) is 1.60. The molecular weight excluding hydrogens is 268 g/mol. The molecular formula is C15H18N4O2. The number of hydrogen-bond donors (Lipinski definition) is 3. The van der Waals surface area contributed by atoms with Crippen molar-refractivity contribution in [2.75, 3.05) is 12.4 Å². The topological polar surface area (TPSA) is 79.0 Å². The van der Waals surface area contributed by atoms with Crippen molar-refractivity contribution in [3.63, 3.8) is 0 Å². The molecule has 1 heterocycles. The van der Waals surface area contributed by atoms with Crippen LogP contribution in [0, 0.1) is 0 Å². The van der Waals surface area contributed by atoms with E-state index in [2.05, 4.69) is 20.8 Å². The highest BCUT2D eigenvalue weighted by Crippen LogP contribution is 2.27. The minimum atomic E-state index is -0.226. The van der Waals surface area contributed by atoms with Gasteiger partial charge in [0.25, 0.3) is 0 Å². The Hall–Kier alpha value is -2.50. The highest BCUT2D eigenvalue weighted by molar-refractivity contribution is 5.89. The van der Waals surface area contributed by atoms with Crippen LogP contribution in [0.5, 0.6) is 5.75 Å². The Morgan fingerprint density at radius 2 is 2.38 bits per heavy atom. The number of methoxy groups -OCH3 is 1. The number of anilines is 1. The van der Waals surface area contributed by atoms with Crippen molar-refractivity contribution in [2.45, 2.75) is 25.3 Å². The number of carbonyl (C=O) groups excluding carboxylic acids is 1. The summed E-state index contributed by atoms with van der Waals surface area (Å²) in [6.45, 7) is 0. The fourth-order valence-corrected chi connectivity index (χ4v) is 2.63. The average Bonchev–Trinajstić information content (AvgIpc) is 2.97. The van der Waals surface area contributed by atoms with E-state index in [-0.39, 0.29) is 12.1 Å². The SMILES string of the molecule is COc1cccc(NC(=O)NC2CCCc3cn[nH]c32)c1. The van der Waals surface area contributed by atoms with Crippen LogP contribution < -0.4 is 15.4 Å². The summed E-state index contributed by atoms with van der Waals surface area (Å²) >= 11 is 0. The number of benzene rings is 1. The fourth-order valence-electron chi connectivity index (χ4n) is 2.63. The number of urea groups is 1. The van der Waals surface area contributed by atoms with Crippen molar-refractivity contribution in [1.82, 2.24) is 15.5 Å². The predicted octanol–water partition coefficient (Wildman–Crippen LogP) is 2.62. The summed E-state index contributed by atoms with van der Waals surface area (Å²) in [6.07, 6.45) is 4.82. The lowest BCUT2D eigenvalue weighted by Crippen LogP contribution is -2.34. The Bertz CT molecular complexity index is 638. The monoisotopic (exact) mass is 286 g/mol. The van der Waals surface area contributed by atoms with Crippen LogP contribution in [0.2, 0.25) is 0 Å². The molecule has 0 radical (unpaired) electrons. The Labute approximate surface area is 122 Å². The van der Waals surface area contributed by atoms with Crippen LogP contribution in [0.15, 0.2) is 30.5 Å². The van der Waals surface area contributed by atoms with Gasteiger partial charge in [0.05, 0.1) is 25.0 Å². The zero-order chi connectivity index (χ0) is 14.7. The molecule has 0 bridgehead atoms. The number of nitrogens with one attached hydrogen (secondary N) is 3. The van der Waals surface area contributed by atoms with Gasteiger partial charge in [-0.05, 0) is 37.0 Å². The van der Waals surface area contributed by atoms with Gasteiger partial charge in [0.1, 0.15) is 5.75 Å². The van der Waals surface area contributed by atoms with Crippen LogP contribution in [-0.2, 0) is 6.42 Å². The number of aromatic amines is 1. The van der Waals surface area contributed by atoms with Crippen LogP contribution in [0.4, 0.5) is 10.5 Å². The number of amides is 2. The van der Waals surface area contributed by atoms with Gasteiger partial charge in [-0.15, -0.1) is 0 Å². The first kappa shape index (κ1) is 13.5. The molecule has 1 atom stereocenters. The van der Waals surface area contributed by atoms with E-state index in [0.29, 0.717) is 11.4 Å². The van der Waals surface area contributed by atoms with Crippen LogP contribution in [-0.4, -0.2) is 23.3 Å². The number of hydrogen-bond acceptors (Lipinski definition) is 3. The zero-order valence-corrected chi connectivity index (χ0v) is 11.8. The maximum Gasteiger partial charge on any atom is 0.319 e. The van der Waals surface area contributed by atoms with Crippen molar-refractivity contribution in [3.05, 3.63) is 41.7 Å². The maximum absolute atomic E-state index is 12.1. The Kier molecular flexibility index (Phi) is 3.77. The van der Waals surface area contributed by atoms with Gasteiger partial charge < -0.3 is 15.4 Å². The van der Waals surface area contributed by atoms with E-state index in [9.17, 15) is 4.79 Å². The molecule has 1 aromatic carbocycles. The van der Waals surface area contributed by atoms with Crippen LogP contribution in [0.25, 0.3) is 0 Å². The molecule has 1 unspecified atom stereocenters. The highest BCUT2D eigenvalue weighted by Gasteiger charge is 2.23. The van der Waals surface area contributed by atoms with E-state index in [1.165, 1.54) is 5.56 Å². The van der Waals surface area contributed by atoms with E-state index in [0.717, 1.165) is 25.0 Å². The molecule has 0 saturated carbocycles. The lowest BCUT2D eigenvalue weighted by Gasteiger charge is -2.23. The minimum absolute atomic E-state index is 0.0122. The lowest BCUT2D eigenvalue weighted by atomic mass is 9.94. The van der Waals surface area contributed by atoms with Crippen molar-refractivity contribution >= 4 is 11.7 Å². The summed E-state index contributed by atoms with van der Waals surface area (Å²) in [5, 5.41) is 12.8. The van der Waals surface area contributed by atoms with Crippen molar-refractivity contribution < 1.29 is 9.53 Å². The van der Waals surface area contributed by atoms with Crippen LogP contribution >= 0.6 is 0 Å². The number of aromatic nitrogens is 2. The molecule has 0 saturated heterocycles. The number of nitrogens with zero attached hydrogens (tertiary/aromatic N) is 1. The molecule has 1 aromatic heterocycles. The molecule has 2 amide bonds. The first-order valence-corrected chi connectivity index (χ1v) is 7.00. The van der Waals surface area contributed by atoms with Gasteiger partial charge in [0.2, 0.25) is 0 Å². The van der Waals surface area contributed by atoms with Gasteiger partial charge in [0.15, 0.2) is 0 Å². The molecule has 0 fully saturated rings. The van der Waals surface area contributed by atoms with Crippen molar-refractivity contribution in [1.29, 1.82) is 0 Å². The van der Waals surface area contributed by atoms with Crippen LogP contribution in [0.3, 0.4) is 0 Å². The Balaban J connectivity index is 1.65. The number of rotatable bonds is 3. The molecule has 2 aromatic rings. The second-order valence-electron chi connectivity index (χ2n) is 5.08. The van der Waals surface area contributed by atoms with Crippen molar-refractivity contribution in [3.8, 4) is 5.75 Å². The summed E-state index contributed by atoms with van der Waals surface area (Å²) in [6, 6.07) is 7.04. The van der Waals surface area contributed by atoms with Gasteiger partial charge in [-0.3, -0.25) is 5.10 Å². The number of H-pyrrole nitrogens is 1. The summed E-state index contributed by atoms with van der Waals surface area (Å²) in [4.78, 5) is 12.1. The van der Waals surface area contributed by atoms with Gasteiger partial charge in [-0.2, -0.15) is 5.10 Å². The lowest BCUT2D eigenvalue weighted by molar-refractivity contribution is 0.247. The number of aryl methyl sites for hydroxylation is 1. The summed E-state index contributed by atoms with van der Waals surface area (Å²) in [5.41, 5.74) is 2.91. The largest absolute Gasteiger partial charge is 0.497 e. The molecule has 21 heavy (non-hydrogen) atoms. The van der Waals surface area contributed by atoms with E-state index < -0.39 is 0 Å². The average molecular weight is 286 g/mol. The van der Waals surface area contributed by atoms with Crippen LogP contribution in [0.1, 0.15) is 30.1 Å². The summed E-state index contributed by atoms with van der Waals surface area (Å²) in [5.74, 6) is 0.710. The summed E-state index contributed by atoms with van der Waals surface area (Å²) < 4.78 is 5.14. The molecule has 3 N–H and O–H groups in total. The number of fused-ring (bicyclic) bond motifs is 1. The molecule has 0 spiro atoms. The Morgan fingerprint density at radius 1 is 1.48 bits per heavy atom. The highest BCUT2D eigenvalue weighted by atomic mass is 16.5. The molecule has 110 valence electrons. The second kappa shape index (κ2) is 5.87. The standard InChI is InChI=1S/C15H18N4O2/c1-21-12-6-3-5-11(8-12)17-15(20)18-13-7-2-4-10-9-16-19-14(10)13/h3,5-6,8-9,13H,2,4,7H2,1H3,(H,16,19)(H2,17,18,20). The maximum atomic E-state index is 12.1. The molecule has 6 heteroatoms. The predicted molar refractivity (Wildman–Crippen MR) is 79.4 cm³/mol. The van der Waals surface area contributed by atoms with E-state index in [1.54, 1.807) is 13.2 Å². The van der Waals surface area contributed by atoms with E-state index in [4.69, 9.17) is 4.74 Å². The third kappa shape index (κ3) is 2.99. The number of carbonyl (C=O) groups is 1. The molecule has 0 aliphatic heterocycles. The van der Waals surface area contributed by atoms with Gasteiger partial charge in [0, 0.05) is 11.8 Å². The normalized spacial score (nSPS) is 16.9.